The molecule has 1 atom stereocenters. The minimum Gasteiger partial charge on any atom is -0.461 e. The molecule has 0 aliphatic carbocycles. The van der Waals surface area contributed by atoms with Gasteiger partial charge in [-0.1, -0.05) is 6.92 Å². The van der Waals surface area contributed by atoms with Crippen molar-refractivity contribution in [1.82, 2.24) is 0 Å². The number of hydrogen-bond donors (Lipinski definition) is 0. The maximum atomic E-state index is 11.1. The second-order valence-corrected chi connectivity index (χ2v) is 3.64. The van der Waals surface area contributed by atoms with Crippen molar-refractivity contribution in [2.45, 2.75) is 25.6 Å². The summed E-state index contributed by atoms with van der Waals surface area (Å²) in [7, 11) is 0. The van der Waals surface area contributed by atoms with Crippen LogP contribution < -0.4 is 0 Å². The van der Waals surface area contributed by atoms with Crippen LogP contribution in [0.25, 0.3) is 0 Å². The molecule has 3 nitrogen and oxygen atoms in total. The summed E-state index contributed by atoms with van der Waals surface area (Å²) in [5.41, 5.74) is 0.591. The highest BCUT2D eigenvalue weighted by molar-refractivity contribution is 8.01. The van der Waals surface area contributed by atoms with Gasteiger partial charge in [0.05, 0.1) is 12.0 Å². The van der Waals surface area contributed by atoms with E-state index in [4.69, 9.17) is 4.74 Å². The van der Waals surface area contributed by atoms with Crippen LogP contribution in [-0.4, -0.2) is 29.4 Å². The van der Waals surface area contributed by atoms with Gasteiger partial charge in [0, 0.05) is 5.75 Å². The first-order valence-electron chi connectivity index (χ1n) is 4.13. The molecule has 0 aromatic heterocycles. The van der Waals surface area contributed by atoms with Gasteiger partial charge in [-0.2, -0.15) is 0 Å². The van der Waals surface area contributed by atoms with Crippen LogP contribution in [0.3, 0.4) is 0 Å². The van der Waals surface area contributed by atoms with Gasteiger partial charge in [0.2, 0.25) is 0 Å². The van der Waals surface area contributed by atoms with Gasteiger partial charge in [-0.15, -0.1) is 11.8 Å². The van der Waals surface area contributed by atoms with Crippen LogP contribution in [0.1, 0.15) is 20.3 Å². The maximum absolute atomic E-state index is 11.1. The Labute approximate surface area is 76.6 Å². The van der Waals surface area contributed by atoms with E-state index in [9.17, 15) is 4.79 Å². The fourth-order valence-corrected chi connectivity index (χ4v) is 1.94. The van der Waals surface area contributed by atoms with Crippen LogP contribution in [0.4, 0.5) is 0 Å². The van der Waals surface area contributed by atoms with Crippen molar-refractivity contribution < 1.29 is 9.53 Å². The van der Waals surface area contributed by atoms with Crippen molar-refractivity contribution in [3.8, 4) is 0 Å². The van der Waals surface area contributed by atoms with Crippen molar-refractivity contribution in [2.75, 3.05) is 12.4 Å². The van der Waals surface area contributed by atoms with Crippen LogP contribution in [0.5, 0.6) is 0 Å². The first-order valence-corrected chi connectivity index (χ1v) is 5.18. The molecule has 0 aromatic rings. The second-order valence-electron chi connectivity index (χ2n) is 2.47. The number of carbonyl (C=O) groups excluding carboxylic acids is 1. The van der Waals surface area contributed by atoms with Gasteiger partial charge in [0.15, 0.2) is 0 Å². The molecule has 1 aliphatic rings. The molecule has 0 amide bonds. The lowest BCUT2D eigenvalue weighted by molar-refractivity contribution is -0.135. The Balaban J connectivity index is 2.48. The average molecular weight is 187 g/mol. The fraction of sp³-hybridized carbons (Fsp3) is 0.750. The van der Waals surface area contributed by atoms with Gasteiger partial charge in [0.1, 0.15) is 5.71 Å². The molecule has 1 unspecified atom stereocenters. The van der Waals surface area contributed by atoms with Gasteiger partial charge < -0.3 is 4.74 Å². The molecule has 1 rings (SSSR count). The minimum atomic E-state index is -0.249. The van der Waals surface area contributed by atoms with Crippen LogP contribution in [-0.2, 0) is 9.53 Å². The Hall–Kier alpha value is -0.510. The predicted molar refractivity (Wildman–Crippen MR) is 50.6 cm³/mol. The Kier molecular flexibility index (Phi) is 3.59. The SMILES string of the molecule is CCOC(=O)C1=NC(CC)SC1. The summed E-state index contributed by atoms with van der Waals surface area (Å²) in [6.07, 6.45) is 0.980. The van der Waals surface area contributed by atoms with E-state index in [1.807, 2.05) is 0 Å². The lowest BCUT2D eigenvalue weighted by atomic mass is 10.4. The molecule has 68 valence electrons. The zero-order valence-corrected chi connectivity index (χ0v) is 8.19. The molecule has 1 heterocycles. The Morgan fingerprint density at radius 3 is 3.00 bits per heavy atom. The number of hydrogen-bond acceptors (Lipinski definition) is 4. The summed E-state index contributed by atoms with van der Waals surface area (Å²) < 4.78 is 4.84. The highest BCUT2D eigenvalue weighted by Crippen LogP contribution is 2.23. The molecule has 0 radical (unpaired) electrons. The van der Waals surface area contributed by atoms with E-state index in [2.05, 4.69) is 11.9 Å². The quantitative estimate of drug-likeness (QED) is 0.628. The van der Waals surface area contributed by atoms with Gasteiger partial charge in [-0.05, 0) is 13.3 Å². The number of ether oxygens (including phenoxy) is 1. The molecule has 0 fully saturated rings. The molecular weight excluding hydrogens is 174 g/mol. The molecule has 0 aromatic carbocycles. The van der Waals surface area contributed by atoms with Gasteiger partial charge in [-0.25, -0.2) is 4.79 Å². The zero-order valence-electron chi connectivity index (χ0n) is 7.37. The topological polar surface area (TPSA) is 38.7 Å². The third kappa shape index (κ3) is 2.24. The lowest BCUT2D eigenvalue weighted by Gasteiger charge is -1.98. The van der Waals surface area contributed by atoms with E-state index < -0.39 is 0 Å². The number of esters is 1. The van der Waals surface area contributed by atoms with Crippen molar-refractivity contribution >= 4 is 23.4 Å². The number of carbonyl (C=O) groups is 1. The molecule has 12 heavy (non-hydrogen) atoms. The summed E-state index contributed by atoms with van der Waals surface area (Å²) in [6, 6.07) is 0. The number of aliphatic imine (C=N–C) groups is 1. The first-order chi connectivity index (χ1) is 5.77. The third-order valence-electron chi connectivity index (χ3n) is 1.57. The lowest BCUT2D eigenvalue weighted by Crippen LogP contribution is -2.17. The summed E-state index contributed by atoms with van der Waals surface area (Å²) in [5.74, 6) is 0.457. The third-order valence-corrected chi connectivity index (χ3v) is 2.84. The molecule has 0 spiro atoms. The number of thioether (sulfide) groups is 1. The second kappa shape index (κ2) is 4.50. The zero-order chi connectivity index (χ0) is 8.97. The summed E-state index contributed by atoms with van der Waals surface area (Å²) in [4.78, 5) is 15.4. The fourth-order valence-electron chi connectivity index (χ4n) is 0.959. The van der Waals surface area contributed by atoms with E-state index in [1.54, 1.807) is 18.7 Å². The van der Waals surface area contributed by atoms with Gasteiger partial charge in [0.25, 0.3) is 0 Å². The van der Waals surface area contributed by atoms with Crippen LogP contribution in [0.2, 0.25) is 0 Å². The van der Waals surface area contributed by atoms with E-state index in [0.29, 0.717) is 18.1 Å². The highest BCUT2D eigenvalue weighted by atomic mass is 32.2. The van der Waals surface area contributed by atoms with E-state index >= 15 is 0 Å². The Bertz CT molecular complexity index is 203. The van der Waals surface area contributed by atoms with Crippen molar-refractivity contribution in [3.05, 3.63) is 0 Å². The van der Waals surface area contributed by atoms with E-state index in [1.165, 1.54) is 0 Å². The Morgan fingerprint density at radius 1 is 1.75 bits per heavy atom. The van der Waals surface area contributed by atoms with Crippen molar-refractivity contribution in [3.63, 3.8) is 0 Å². The number of rotatable bonds is 3. The van der Waals surface area contributed by atoms with Crippen LogP contribution in [0, 0.1) is 0 Å². The normalized spacial score (nSPS) is 22.2. The highest BCUT2D eigenvalue weighted by Gasteiger charge is 2.22. The first kappa shape index (κ1) is 9.58. The van der Waals surface area contributed by atoms with Crippen LogP contribution in [0.15, 0.2) is 4.99 Å². The average Bonchev–Trinajstić information content (AvgIpc) is 2.52. The molecule has 4 heteroatoms. The standard InChI is InChI=1S/C8H13NO2S/c1-3-7-9-6(5-12-7)8(10)11-4-2/h7H,3-5H2,1-2H3. The van der Waals surface area contributed by atoms with Crippen molar-refractivity contribution in [1.29, 1.82) is 0 Å². The summed E-state index contributed by atoms with van der Waals surface area (Å²) >= 11 is 1.70. The smallest absolute Gasteiger partial charge is 0.353 e. The molecule has 0 saturated carbocycles. The predicted octanol–water partition coefficient (Wildman–Crippen LogP) is 1.47. The van der Waals surface area contributed by atoms with Gasteiger partial charge in [-0.3, -0.25) is 4.99 Å². The minimum absolute atomic E-state index is 0.249. The molecular formula is C8H13NO2S. The molecule has 1 aliphatic heterocycles. The van der Waals surface area contributed by atoms with E-state index in [0.717, 1.165) is 6.42 Å². The molecule has 0 N–H and O–H groups in total. The maximum Gasteiger partial charge on any atom is 0.353 e. The van der Waals surface area contributed by atoms with Gasteiger partial charge >= 0.3 is 5.97 Å². The summed E-state index contributed by atoms with van der Waals surface area (Å²) in [6.45, 7) is 4.30. The number of nitrogens with zero attached hydrogens (tertiary/aromatic N) is 1. The van der Waals surface area contributed by atoms with Crippen molar-refractivity contribution in [2.24, 2.45) is 4.99 Å². The monoisotopic (exact) mass is 187 g/mol. The van der Waals surface area contributed by atoms with Crippen LogP contribution >= 0.6 is 11.8 Å². The molecule has 0 bridgehead atoms. The summed E-state index contributed by atoms with van der Waals surface area (Å²) in [5, 5.41) is 0.268. The largest absolute Gasteiger partial charge is 0.461 e. The Morgan fingerprint density at radius 2 is 2.50 bits per heavy atom. The molecule has 0 saturated heterocycles. The van der Waals surface area contributed by atoms with E-state index in [-0.39, 0.29) is 11.3 Å².